The number of benzene rings is 1. The molecule has 0 fully saturated rings. The van der Waals surface area contributed by atoms with Gasteiger partial charge in [0.05, 0.1) is 5.69 Å². The Morgan fingerprint density at radius 3 is 2.63 bits per heavy atom. The van der Waals surface area contributed by atoms with Gasteiger partial charge in [-0.05, 0) is 43.1 Å². The summed E-state index contributed by atoms with van der Waals surface area (Å²) in [5.41, 5.74) is 1.25. The molecule has 27 heavy (non-hydrogen) atoms. The van der Waals surface area contributed by atoms with E-state index in [9.17, 15) is 12.8 Å². The molecule has 1 N–H and O–H groups in total. The van der Waals surface area contributed by atoms with Crippen molar-refractivity contribution in [2.75, 3.05) is 13.3 Å². The van der Waals surface area contributed by atoms with Crippen LogP contribution < -0.4 is 5.32 Å². The van der Waals surface area contributed by atoms with Crippen LogP contribution in [0.1, 0.15) is 5.56 Å². The van der Waals surface area contributed by atoms with Gasteiger partial charge in [-0.1, -0.05) is 12.1 Å². The average Bonchev–Trinajstić information content (AvgIpc) is 3.07. The zero-order valence-corrected chi connectivity index (χ0v) is 17.2. The molecule has 9 heteroatoms. The fraction of sp³-hybridized carbons (Fsp3) is 0.167. The van der Waals surface area contributed by atoms with Crippen LogP contribution in [-0.2, 0) is 16.6 Å². The standard InChI is InChI=1S/C18H18FN3O2S2.ClH/c1-20-9-13-7-18(16-5-3-4-6-17(16)19)22(12-13)26(23,24)15-8-14(25-2)10-21-11-15;/h3-8,10-12,20H,9H2,1-2H3;1H. The Hall–Kier alpha value is -1.87. The summed E-state index contributed by atoms with van der Waals surface area (Å²) in [5.74, 6) is -0.478. The highest BCUT2D eigenvalue weighted by Gasteiger charge is 2.23. The van der Waals surface area contributed by atoms with E-state index in [0.29, 0.717) is 6.54 Å². The smallest absolute Gasteiger partial charge is 0.269 e. The summed E-state index contributed by atoms with van der Waals surface area (Å²) in [4.78, 5) is 4.81. The van der Waals surface area contributed by atoms with Crippen LogP contribution >= 0.6 is 24.2 Å². The molecule has 2 heterocycles. The fourth-order valence-corrected chi connectivity index (χ4v) is 4.49. The monoisotopic (exact) mass is 427 g/mol. The van der Waals surface area contributed by atoms with E-state index in [1.807, 2.05) is 6.26 Å². The van der Waals surface area contributed by atoms with Crippen LogP contribution in [0, 0.1) is 5.82 Å². The van der Waals surface area contributed by atoms with Crippen molar-refractivity contribution in [3.8, 4) is 11.3 Å². The summed E-state index contributed by atoms with van der Waals surface area (Å²) in [7, 11) is -2.15. The third kappa shape index (κ3) is 4.35. The first-order chi connectivity index (χ1) is 12.5. The quantitative estimate of drug-likeness (QED) is 0.606. The van der Waals surface area contributed by atoms with Gasteiger partial charge in [-0.15, -0.1) is 24.2 Å². The minimum atomic E-state index is -3.92. The van der Waals surface area contributed by atoms with E-state index in [-0.39, 0.29) is 28.6 Å². The molecule has 5 nitrogen and oxygen atoms in total. The summed E-state index contributed by atoms with van der Waals surface area (Å²) in [5, 5.41) is 2.98. The summed E-state index contributed by atoms with van der Waals surface area (Å²) >= 11 is 1.40. The molecule has 144 valence electrons. The van der Waals surface area contributed by atoms with E-state index in [0.717, 1.165) is 14.4 Å². The summed E-state index contributed by atoms with van der Waals surface area (Å²) < 4.78 is 41.8. The topological polar surface area (TPSA) is 64.0 Å². The molecule has 3 aromatic rings. The maximum absolute atomic E-state index is 14.3. The van der Waals surface area contributed by atoms with Gasteiger partial charge in [0.2, 0.25) is 0 Å². The number of aromatic nitrogens is 2. The molecule has 0 aliphatic heterocycles. The second-order valence-corrected chi connectivity index (χ2v) is 8.30. The van der Waals surface area contributed by atoms with E-state index < -0.39 is 15.8 Å². The van der Waals surface area contributed by atoms with Gasteiger partial charge in [-0.25, -0.2) is 16.8 Å². The first kappa shape index (κ1) is 21.4. The minimum absolute atomic E-state index is 0. The van der Waals surface area contributed by atoms with Crippen LogP contribution in [0.4, 0.5) is 4.39 Å². The van der Waals surface area contributed by atoms with Crippen molar-refractivity contribution in [2.45, 2.75) is 16.3 Å². The molecule has 0 radical (unpaired) electrons. The van der Waals surface area contributed by atoms with E-state index in [4.69, 9.17) is 0 Å². The van der Waals surface area contributed by atoms with Crippen molar-refractivity contribution in [3.63, 3.8) is 0 Å². The second-order valence-electron chi connectivity index (χ2n) is 5.61. The normalized spacial score (nSPS) is 11.2. The molecule has 3 rings (SSSR count). The third-order valence-corrected chi connectivity index (χ3v) is 6.19. The number of pyridine rings is 1. The minimum Gasteiger partial charge on any atom is -0.316 e. The van der Waals surface area contributed by atoms with Gasteiger partial charge in [0.15, 0.2) is 0 Å². The SMILES string of the molecule is CNCc1cc(-c2ccccc2F)n(S(=O)(=O)c2cncc(SC)c2)c1.Cl. The molecule has 2 aromatic heterocycles. The highest BCUT2D eigenvalue weighted by Crippen LogP contribution is 2.29. The molecule has 0 spiro atoms. The first-order valence-electron chi connectivity index (χ1n) is 7.82. The molecule has 0 saturated carbocycles. The van der Waals surface area contributed by atoms with E-state index >= 15 is 0 Å². The number of rotatable bonds is 6. The largest absolute Gasteiger partial charge is 0.316 e. The number of halogens is 2. The highest BCUT2D eigenvalue weighted by atomic mass is 35.5. The lowest BCUT2D eigenvalue weighted by Gasteiger charge is -2.11. The van der Waals surface area contributed by atoms with Crippen molar-refractivity contribution < 1.29 is 12.8 Å². The van der Waals surface area contributed by atoms with Crippen molar-refractivity contribution in [1.82, 2.24) is 14.3 Å². The molecule has 0 atom stereocenters. The average molecular weight is 428 g/mol. The molecular formula is C18H19ClFN3O2S2. The Morgan fingerprint density at radius 1 is 1.22 bits per heavy atom. The maximum atomic E-state index is 14.3. The van der Waals surface area contributed by atoms with Gasteiger partial charge in [-0.2, -0.15) is 0 Å². The van der Waals surface area contributed by atoms with Crippen molar-refractivity contribution in [3.05, 3.63) is 66.4 Å². The number of thioether (sulfide) groups is 1. The molecule has 0 saturated heterocycles. The van der Waals surface area contributed by atoms with Crippen LogP contribution in [-0.4, -0.2) is 30.7 Å². The number of hydrogen-bond donors (Lipinski definition) is 1. The van der Waals surface area contributed by atoms with Gasteiger partial charge in [-0.3, -0.25) is 4.98 Å². The zero-order chi connectivity index (χ0) is 18.7. The molecule has 0 unspecified atom stereocenters. The Labute approximate surface area is 168 Å². The van der Waals surface area contributed by atoms with E-state index in [1.165, 1.54) is 30.2 Å². The molecule has 0 aliphatic rings. The van der Waals surface area contributed by atoms with Gasteiger partial charge in [0.25, 0.3) is 10.0 Å². The number of nitrogens with zero attached hydrogens (tertiary/aromatic N) is 2. The van der Waals surface area contributed by atoms with Crippen LogP contribution in [0.5, 0.6) is 0 Å². The fourth-order valence-electron chi connectivity index (χ4n) is 2.63. The van der Waals surface area contributed by atoms with Gasteiger partial charge in [0, 0.05) is 35.6 Å². The van der Waals surface area contributed by atoms with Gasteiger partial charge < -0.3 is 5.32 Å². The number of nitrogens with one attached hydrogen (secondary N) is 1. The van der Waals surface area contributed by atoms with E-state index in [1.54, 1.807) is 43.6 Å². The summed E-state index contributed by atoms with van der Waals surface area (Å²) in [6.07, 6.45) is 6.26. The predicted molar refractivity (Wildman–Crippen MR) is 108 cm³/mol. The first-order valence-corrected chi connectivity index (χ1v) is 10.5. The highest BCUT2D eigenvalue weighted by molar-refractivity contribution is 7.98. The molecule has 0 bridgehead atoms. The van der Waals surface area contributed by atoms with E-state index in [2.05, 4.69) is 10.3 Å². The van der Waals surface area contributed by atoms with Crippen LogP contribution in [0.2, 0.25) is 0 Å². The lowest BCUT2D eigenvalue weighted by molar-refractivity contribution is 0.586. The Balaban J connectivity index is 0.00000261. The van der Waals surface area contributed by atoms with Crippen molar-refractivity contribution >= 4 is 34.2 Å². The van der Waals surface area contributed by atoms with Gasteiger partial charge in [0.1, 0.15) is 10.7 Å². The lowest BCUT2D eigenvalue weighted by atomic mass is 10.1. The molecule has 0 aliphatic carbocycles. The zero-order valence-electron chi connectivity index (χ0n) is 14.7. The van der Waals surface area contributed by atoms with Crippen LogP contribution in [0.25, 0.3) is 11.3 Å². The lowest BCUT2D eigenvalue weighted by Crippen LogP contribution is -2.14. The van der Waals surface area contributed by atoms with Gasteiger partial charge >= 0.3 is 0 Å². The summed E-state index contributed by atoms with van der Waals surface area (Å²) in [6.45, 7) is 0.465. The Bertz CT molecular complexity index is 1040. The second kappa shape index (κ2) is 8.88. The Kier molecular flexibility index (Phi) is 7.05. The Morgan fingerprint density at radius 2 is 1.96 bits per heavy atom. The molecule has 1 aromatic carbocycles. The predicted octanol–water partition coefficient (Wildman–Crippen LogP) is 3.79. The van der Waals surface area contributed by atoms with Crippen LogP contribution in [0.3, 0.4) is 0 Å². The maximum Gasteiger partial charge on any atom is 0.269 e. The van der Waals surface area contributed by atoms with Crippen LogP contribution in [0.15, 0.2) is 64.8 Å². The molecular weight excluding hydrogens is 409 g/mol. The van der Waals surface area contributed by atoms with Crippen molar-refractivity contribution in [1.29, 1.82) is 0 Å². The summed E-state index contributed by atoms with van der Waals surface area (Å²) in [6, 6.07) is 9.37. The molecule has 0 amide bonds. The third-order valence-electron chi connectivity index (χ3n) is 3.85. The number of hydrogen-bond acceptors (Lipinski definition) is 5. The van der Waals surface area contributed by atoms with Crippen molar-refractivity contribution in [2.24, 2.45) is 0 Å².